The molecule has 6 nitrogen and oxygen atoms in total. The fourth-order valence-corrected chi connectivity index (χ4v) is 11.7. The zero-order chi connectivity index (χ0) is 55.7. The summed E-state index contributed by atoms with van der Waals surface area (Å²) in [5.41, 5.74) is 0. The molecule has 0 bridgehead atoms. The zero-order valence-corrected chi connectivity index (χ0v) is 52.7. The van der Waals surface area contributed by atoms with Crippen molar-refractivity contribution >= 4 is 11.9 Å². The lowest BCUT2D eigenvalue weighted by Gasteiger charge is -2.22. The van der Waals surface area contributed by atoms with Gasteiger partial charge in [-0.25, -0.2) is 0 Å². The van der Waals surface area contributed by atoms with Gasteiger partial charge >= 0.3 is 5.97 Å². The van der Waals surface area contributed by atoms with Crippen LogP contribution in [-0.4, -0.2) is 47.4 Å². The largest absolute Gasteiger partial charge is 0.466 e. The molecule has 0 aliphatic carbocycles. The number of unbranched alkanes of at least 4 members (excludes halogenated alkanes) is 57. The molecule has 0 aromatic carbocycles. The van der Waals surface area contributed by atoms with Crippen LogP contribution in [0.5, 0.6) is 0 Å². The summed E-state index contributed by atoms with van der Waals surface area (Å²) in [7, 11) is 0. The van der Waals surface area contributed by atoms with Gasteiger partial charge < -0.3 is 20.3 Å². The van der Waals surface area contributed by atoms with E-state index in [0.717, 1.165) is 38.5 Å². The van der Waals surface area contributed by atoms with Crippen LogP contribution in [0, 0.1) is 0 Å². The van der Waals surface area contributed by atoms with E-state index in [2.05, 4.69) is 19.2 Å². The molecule has 0 aliphatic rings. The van der Waals surface area contributed by atoms with E-state index in [0.29, 0.717) is 25.9 Å². The van der Waals surface area contributed by atoms with Crippen LogP contribution in [0.25, 0.3) is 0 Å². The maximum Gasteiger partial charge on any atom is 0.305 e. The summed E-state index contributed by atoms with van der Waals surface area (Å²) in [5.74, 6) is -0.0142. The van der Waals surface area contributed by atoms with E-state index >= 15 is 0 Å². The standard InChI is InChI=1S/C71H141NO5/c1-3-5-7-9-11-13-15-17-19-21-23-24-25-28-31-35-39-43-47-51-55-59-63-69(74)68(67-73)72-70(75)64-60-56-52-48-44-40-36-32-29-26-27-30-34-38-42-46-50-54-58-62-66-77-71(76)65-61-57-53-49-45-41-37-33-22-20-18-16-14-12-10-8-6-4-2/h68-69,73-74H,3-67H2,1-2H3,(H,72,75). The van der Waals surface area contributed by atoms with E-state index in [1.54, 1.807) is 0 Å². The van der Waals surface area contributed by atoms with E-state index < -0.39 is 12.1 Å². The van der Waals surface area contributed by atoms with E-state index in [1.807, 2.05) is 0 Å². The summed E-state index contributed by atoms with van der Waals surface area (Å²) >= 11 is 0. The topological polar surface area (TPSA) is 95.9 Å². The first-order chi connectivity index (χ1) is 38.0. The summed E-state index contributed by atoms with van der Waals surface area (Å²) in [6, 6.07) is -0.543. The fourth-order valence-electron chi connectivity index (χ4n) is 11.7. The van der Waals surface area contributed by atoms with Gasteiger partial charge in [0.25, 0.3) is 0 Å². The molecule has 2 unspecified atom stereocenters. The molecule has 77 heavy (non-hydrogen) atoms. The van der Waals surface area contributed by atoms with Gasteiger partial charge in [0.2, 0.25) is 5.91 Å². The Morgan fingerprint density at radius 2 is 0.532 bits per heavy atom. The number of carbonyl (C=O) groups excluding carboxylic acids is 2. The van der Waals surface area contributed by atoms with E-state index in [9.17, 15) is 19.8 Å². The Morgan fingerprint density at radius 3 is 0.792 bits per heavy atom. The molecule has 6 heteroatoms. The molecule has 0 radical (unpaired) electrons. The molecule has 0 fully saturated rings. The van der Waals surface area contributed by atoms with Gasteiger partial charge in [-0.05, 0) is 25.7 Å². The van der Waals surface area contributed by atoms with Crippen molar-refractivity contribution in [1.29, 1.82) is 0 Å². The van der Waals surface area contributed by atoms with Crippen molar-refractivity contribution in [2.75, 3.05) is 13.2 Å². The van der Waals surface area contributed by atoms with Gasteiger partial charge in [-0.15, -0.1) is 0 Å². The maximum absolute atomic E-state index is 12.6. The van der Waals surface area contributed by atoms with Gasteiger partial charge in [0.15, 0.2) is 0 Å². The SMILES string of the molecule is CCCCCCCCCCCCCCCCCCCCCCCCC(O)C(CO)NC(=O)CCCCCCCCCCCCCCCCCCCCCCOC(=O)CCCCCCCCCCCCCCCCCCCC. The molecule has 3 N–H and O–H groups in total. The van der Waals surface area contributed by atoms with Gasteiger partial charge in [-0.1, -0.05) is 380 Å². The highest BCUT2D eigenvalue weighted by atomic mass is 16.5. The number of rotatable bonds is 68. The fraction of sp³-hybridized carbons (Fsp3) is 0.972. The lowest BCUT2D eigenvalue weighted by atomic mass is 10.0. The Bertz CT molecular complexity index is 1120. The predicted octanol–water partition coefficient (Wildman–Crippen LogP) is 23.0. The first-order valence-electron chi connectivity index (χ1n) is 35.8. The first-order valence-corrected chi connectivity index (χ1v) is 35.8. The average molecular weight is 1090 g/mol. The second-order valence-corrected chi connectivity index (χ2v) is 24.9. The minimum atomic E-state index is -0.666. The van der Waals surface area contributed by atoms with Crippen LogP contribution in [-0.2, 0) is 14.3 Å². The molecule has 0 saturated carbocycles. The van der Waals surface area contributed by atoms with Gasteiger partial charge in [-0.3, -0.25) is 9.59 Å². The highest BCUT2D eigenvalue weighted by Gasteiger charge is 2.20. The molecule has 460 valence electrons. The molecule has 0 rings (SSSR count). The Kier molecular flexibility index (Phi) is 66.4. The van der Waals surface area contributed by atoms with Crippen molar-refractivity contribution < 1.29 is 24.5 Å². The molecule has 0 saturated heterocycles. The Labute approximate surface area is 483 Å². The van der Waals surface area contributed by atoms with Gasteiger partial charge in [-0.2, -0.15) is 0 Å². The number of aliphatic hydroxyl groups is 2. The van der Waals surface area contributed by atoms with Crippen molar-refractivity contribution in [3.63, 3.8) is 0 Å². The van der Waals surface area contributed by atoms with Crippen molar-refractivity contribution in [3.05, 3.63) is 0 Å². The summed E-state index contributed by atoms with van der Waals surface area (Å²) in [5, 5.41) is 23.4. The first kappa shape index (κ1) is 75.9. The summed E-state index contributed by atoms with van der Waals surface area (Å²) in [4.78, 5) is 24.7. The summed E-state index contributed by atoms with van der Waals surface area (Å²) < 4.78 is 5.51. The van der Waals surface area contributed by atoms with E-state index in [-0.39, 0.29) is 18.5 Å². The quantitative estimate of drug-likeness (QED) is 0.0417. The van der Waals surface area contributed by atoms with Crippen LogP contribution >= 0.6 is 0 Å². The molecule has 0 aliphatic heterocycles. The minimum absolute atomic E-state index is 0.0168. The molecule has 1 amide bonds. The van der Waals surface area contributed by atoms with E-state index in [4.69, 9.17) is 4.74 Å². The smallest absolute Gasteiger partial charge is 0.305 e. The predicted molar refractivity (Wildman–Crippen MR) is 338 cm³/mol. The molecular formula is C71H141NO5. The number of hydrogen-bond acceptors (Lipinski definition) is 5. The number of aliphatic hydroxyl groups excluding tert-OH is 2. The monoisotopic (exact) mass is 1090 g/mol. The van der Waals surface area contributed by atoms with Gasteiger partial charge in [0.1, 0.15) is 0 Å². The van der Waals surface area contributed by atoms with Crippen molar-refractivity contribution in [2.24, 2.45) is 0 Å². The lowest BCUT2D eigenvalue weighted by molar-refractivity contribution is -0.143. The lowest BCUT2D eigenvalue weighted by Crippen LogP contribution is -2.45. The second-order valence-electron chi connectivity index (χ2n) is 24.9. The van der Waals surface area contributed by atoms with Crippen LogP contribution in [0.4, 0.5) is 0 Å². The Morgan fingerprint density at radius 1 is 0.312 bits per heavy atom. The van der Waals surface area contributed by atoms with Gasteiger partial charge in [0.05, 0.1) is 25.4 Å². The number of esters is 1. The molecule has 0 spiro atoms. The molecular weight excluding hydrogens is 947 g/mol. The molecule has 0 aromatic heterocycles. The summed E-state index contributed by atoms with van der Waals surface area (Å²) in [6.07, 6.45) is 81.4. The van der Waals surface area contributed by atoms with Crippen molar-refractivity contribution in [2.45, 2.75) is 431 Å². The highest BCUT2D eigenvalue weighted by molar-refractivity contribution is 5.76. The van der Waals surface area contributed by atoms with Crippen LogP contribution in [0.3, 0.4) is 0 Å². The minimum Gasteiger partial charge on any atom is -0.466 e. The van der Waals surface area contributed by atoms with Crippen LogP contribution in [0.2, 0.25) is 0 Å². The molecule has 2 atom stereocenters. The van der Waals surface area contributed by atoms with Crippen molar-refractivity contribution in [1.82, 2.24) is 5.32 Å². The third-order valence-corrected chi connectivity index (χ3v) is 17.2. The summed E-state index contributed by atoms with van der Waals surface area (Å²) in [6.45, 7) is 5.01. The highest BCUT2D eigenvalue weighted by Crippen LogP contribution is 2.20. The number of amides is 1. The average Bonchev–Trinajstić information content (AvgIpc) is 3.43. The number of nitrogens with one attached hydrogen (secondary N) is 1. The zero-order valence-electron chi connectivity index (χ0n) is 52.7. The van der Waals surface area contributed by atoms with Crippen LogP contribution in [0.15, 0.2) is 0 Å². The maximum atomic E-state index is 12.6. The van der Waals surface area contributed by atoms with Crippen molar-refractivity contribution in [3.8, 4) is 0 Å². The van der Waals surface area contributed by atoms with E-state index in [1.165, 1.54) is 347 Å². The second kappa shape index (κ2) is 67.4. The number of hydrogen-bond donors (Lipinski definition) is 3. The van der Waals surface area contributed by atoms with Gasteiger partial charge in [0, 0.05) is 12.8 Å². The number of carbonyl (C=O) groups is 2. The molecule has 0 aromatic rings. The Balaban J connectivity index is 3.36. The third-order valence-electron chi connectivity index (χ3n) is 17.2. The van der Waals surface area contributed by atoms with Crippen LogP contribution < -0.4 is 5.32 Å². The Hall–Kier alpha value is -1.14. The molecule has 0 heterocycles. The normalized spacial score (nSPS) is 12.4. The number of ether oxygens (including phenoxy) is 1. The van der Waals surface area contributed by atoms with Crippen LogP contribution in [0.1, 0.15) is 418 Å². The third kappa shape index (κ3) is 63.9.